The molecular formula is C19H30N2O2. The van der Waals surface area contributed by atoms with E-state index in [-0.39, 0.29) is 18.4 Å². The summed E-state index contributed by atoms with van der Waals surface area (Å²) in [4.78, 5) is 14.6. The third kappa shape index (κ3) is 4.71. The second-order valence-corrected chi connectivity index (χ2v) is 6.84. The SMILES string of the molecule is CCC(C)C(C)Nc1cccc(C(=O)N2CCCC(CO)C2)c1. The van der Waals surface area contributed by atoms with Crippen LogP contribution < -0.4 is 5.32 Å². The second kappa shape index (κ2) is 8.34. The van der Waals surface area contributed by atoms with Crippen molar-refractivity contribution in [2.45, 2.75) is 46.1 Å². The van der Waals surface area contributed by atoms with Gasteiger partial charge in [-0.05, 0) is 49.8 Å². The van der Waals surface area contributed by atoms with E-state index in [0.29, 0.717) is 18.5 Å². The van der Waals surface area contributed by atoms with E-state index in [2.05, 4.69) is 26.1 Å². The lowest BCUT2D eigenvalue weighted by Gasteiger charge is -2.32. The fourth-order valence-corrected chi connectivity index (χ4v) is 3.08. The minimum Gasteiger partial charge on any atom is -0.396 e. The standard InChI is InChI=1S/C19H30N2O2/c1-4-14(2)15(3)20-18-9-5-8-17(11-18)19(23)21-10-6-7-16(12-21)13-22/h5,8-9,11,14-16,20,22H,4,6-7,10,12-13H2,1-3H3. The summed E-state index contributed by atoms with van der Waals surface area (Å²) in [5.74, 6) is 0.879. The summed E-state index contributed by atoms with van der Waals surface area (Å²) in [6.07, 6.45) is 3.11. The lowest BCUT2D eigenvalue weighted by Crippen LogP contribution is -2.40. The minimum atomic E-state index is 0.0722. The third-order valence-electron chi connectivity index (χ3n) is 5.07. The molecule has 0 aliphatic carbocycles. The van der Waals surface area contributed by atoms with Crippen molar-refractivity contribution in [3.05, 3.63) is 29.8 Å². The van der Waals surface area contributed by atoms with Crippen molar-refractivity contribution in [1.82, 2.24) is 4.90 Å². The van der Waals surface area contributed by atoms with Gasteiger partial charge in [0.2, 0.25) is 0 Å². The number of nitrogens with one attached hydrogen (secondary N) is 1. The molecule has 1 saturated heterocycles. The topological polar surface area (TPSA) is 52.6 Å². The molecule has 0 aromatic heterocycles. The Morgan fingerprint density at radius 2 is 2.22 bits per heavy atom. The number of piperidine rings is 1. The number of anilines is 1. The molecule has 1 aliphatic rings. The first kappa shape index (κ1) is 17.8. The van der Waals surface area contributed by atoms with Gasteiger partial charge in [0.05, 0.1) is 0 Å². The van der Waals surface area contributed by atoms with E-state index in [1.165, 1.54) is 0 Å². The molecule has 3 atom stereocenters. The van der Waals surface area contributed by atoms with E-state index in [0.717, 1.165) is 37.1 Å². The molecule has 2 N–H and O–H groups in total. The Balaban J connectivity index is 2.05. The fraction of sp³-hybridized carbons (Fsp3) is 0.632. The molecule has 4 nitrogen and oxygen atoms in total. The zero-order chi connectivity index (χ0) is 16.8. The summed E-state index contributed by atoms with van der Waals surface area (Å²) in [6, 6.07) is 8.15. The molecule has 23 heavy (non-hydrogen) atoms. The number of hydrogen-bond acceptors (Lipinski definition) is 3. The van der Waals surface area contributed by atoms with E-state index >= 15 is 0 Å². The van der Waals surface area contributed by atoms with Crippen molar-refractivity contribution in [2.24, 2.45) is 11.8 Å². The van der Waals surface area contributed by atoms with Gasteiger partial charge in [0.15, 0.2) is 0 Å². The van der Waals surface area contributed by atoms with Gasteiger partial charge in [-0.1, -0.05) is 26.3 Å². The molecule has 1 aromatic rings. The van der Waals surface area contributed by atoms with Crippen molar-refractivity contribution < 1.29 is 9.90 Å². The lowest BCUT2D eigenvalue weighted by atomic mass is 9.98. The first-order chi connectivity index (χ1) is 11.0. The normalized spacial score (nSPS) is 20.9. The zero-order valence-electron chi connectivity index (χ0n) is 14.6. The Bertz CT molecular complexity index is 518. The van der Waals surface area contributed by atoms with Crippen molar-refractivity contribution in [3.63, 3.8) is 0 Å². The second-order valence-electron chi connectivity index (χ2n) is 6.84. The zero-order valence-corrected chi connectivity index (χ0v) is 14.6. The highest BCUT2D eigenvalue weighted by molar-refractivity contribution is 5.95. The predicted octanol–water partition coefficient (Wildman–Crippen LogP) is 3.38. The third-order valence-corrected chi connectivity index (χ3v) is 5.07. The average molecular weight is 318 g/mol. The summed E-state index contributed by atoms with van der Waals surface area (Å²) >= 11 is 0. The van der Waals surface area contributed by atoms with Crippen LogP contribution in [-0.2, 0) is 0 Å². The fourth-order valence-electron chi connectivity index (χ4n) is 3.08. The van der Waals surface area contributed by atoms with Crippen LogP contribution >= 0.6 is 0 Å². The van der Waals surface area contributed by atoms with Crippen molar-refractivity contribution >= 4 is 11.6 Å². The molecule has 1 aromatic carbocycles. The minimum absolute atomic E-state index is 0.0722. The van der Waals surface area contributed by atoms with Crippen LogP contribution in [0.15, 0.2) is 24.3 Å². The molecular weight excluding hydrogens is 288 g/mol. The average Bonchev–Trinajstić information content (AvgIpc) is 2.60. The smallest absolute Gasteiger partial charge is 0.253 e. The maximum Gasteiger partial charge on any atom is 0.253 e. The van der Waals surface area contributed by atoms with E-state index in [1.807, 2.05) is 29.2 Å². The number of hydrogen-bond donors (Lipinski definition) is 2. The van der Waals surface area contributed by atoms with Crippen LogP contribution in [0, 0.1) is 11.8 Å². The summed E-state index contributed by atoms with van der Waals surface area (Å²) in [5.41, 5.74) is 1.73. The number of carbonyl (C=O) groups is 1. The first-order valence-corrected chi connectivity index (χ1v) is 8.81. The number of likely N-dealkylation sites (tertiary alicyclic amines) is 1. The van der Waals surface area contributed by atoms with Crippen LogP contribution in [0.25, 0.3) is 0 Å². The predicted molar refractivity (Wildman–Crippen MR) is 94.7 cm³/mol. The van der Waals surface area contributed by atoms with Gasteiger partial charge in [0.25, 0.3) is 5.91 Å². The molecule has 0 bridgehead atoms. The van der Waals surface area contributed by atoms with E-state index in [1.54, 1.807) is 0 Å². The largest absolute Gasteiger partial charge is 0.396 e. The van der Waals surface area contributed by atoms with Crippen molar-refractivity contribution in [2.75, 3.05) is 25.0 Å². The maximum atomic E-state index is 12.7. The molecule has 0 saturated carbocycles. The van der Waals surface area contributed by atoms with Crippen molar-refractivity contribution in [1.29, 1.82) is 0 Å². The van der Waals surface area contributed by atoms with Gasteiger partial charge < -0.3 is 15.3 Å². The highest BCUT2D eigenvalue weighted by Gasteiger charge is 2.24. The maximum absolute atomic E-state index is 12.7. The summed E-state index contributed by atoms with van der Waals surface area (Å²) in [6.45, 7) is 8.22. The molecule has 2 rings (SSSR count). The van der Waals surface area contributed by atoms with Gasteiger partial charge in [0, 0.05) is 37.0 Å². The monoisotopic (exact) mass is 318 g/mol. The van der Waals surface area contributed by atoms with Crippen LogP contribution in [0.4, 0.5) is 5.69 Å². The van der Waals surface area contributed by atoms with Gasteiger partial charge in [-0.2, -0.15) is 0 Å². The number of aliphatic hydroxyl groups excluding tert-OH is 1. The van der Waals surface area contributed by atoms with Crippen LogP contribution in [0.5, 0.6) is 0 Å². The summed E-state index contributed by atoms with van der Waals surface area (Å²) < 4.78 is 0. The van der Waals surface area contributed by atoms with E-state index < -0.39 is 0 Å². The molecule has 4 heteroatoms. The van der Waals surface area contributed by atoms with Crippen molar-refractivity contribution in [3.8, 4) is 0 Å². The first-order valence-electron chi connectivity index (χ1n) is 8.81. The Hall–Kier alpha value is -1.55. The Kier molecular flexibility index (Phi) is 6.46. The molecule has 1 heterocycles. The van der Waals surface area contributed by atoms with Gasteiger partial charge in [-0.3, -0.25) is 4.79 Å². The molecule has 128 valence electrons. The van der Waals surface area contributed by atoms with E-state index in [9.17, 15) is 9.90 Å². The molecule has 1 aliphatic heterocycles. The van der Waals surface area contributed by atoms with Gasteiger partial charge in [-0.25, -0.2) is 0 Å². The van der Waals surface area contributed by atoms with Gasteiger partial charge in [0.1, 0.15) is 0 Å². The molecule has 3 unspecified atom stereocenters. The number of amides is 1. The number of nitrogens with zero attached hydrogens (tertiary/aromatic N) is 1. The number of carbonyl (C=O) groups excluding carboxylic acids is 1. The van der Waals surface area contributed by atoms with Crippen LogP contribution in [0.3, 0.4) is 0 Å². The molecule has 1 amide bonds. The Labute approximate surface area is 139 Å². The highest BCUT2D eigenvalue weighted by atomic mass is 16.3. The molecule has 0 radical (unpaired) electrons. The van der Waals surface area contributed by atoms with Crippen LogP contribution in [-0.4, -0.2) is 41.7 Å². The Morgan fingerprint density at radius 1 is 1.43 bits per heavy atom. The van der Waals surface area contributed by atoms with E-state index in [4.69, 9.17) is 0 Å². The Morgan fingerprint density at radius 3 is 2.91 bits per heavy atom. The molecule has 1 fully saturated rings. The van der Waals surface area contributed by atoms with Crippen LogP contribution in [0.1, 0.15) is 50.4 Å². The summed E-state index contributed by atoms with van der Waals surface area (Å²) in [7, 11) is 0. The quantitative estimate of drug-likeness (QED) is 0.845. The van der Waals surface area contributed by atoms with Gasteiger partial charge in [-0.15, -0.1) is 0 Å². The lowest BCUT2D eigenvalue weighted by molar-refractivity contribution is 0.0621. The number of aliphatic hydroxyl groups is 1. The number of rotatable bonds is 6. The van der Waals surface area contributed by atoms with Gasteiger partial charge >= 0.3 is 0 Å². The number of benzene rings is 1. The highest BCUT2D eigenvalue weighted by Crippen LogP contribution is 2.21. The summed E-state index contributed by atoms with van der Waals surface area (Å²) in [5, 5.41) is 12.8. The van der Waals surface area contributed by atoms with Crippen LogP contribution in [0.2, 0.25) is 0 Å². The molecule has 0 spiro atoms.